The maximum Gasteiger partial charge on any atom is 0.156 e. The molecule has 0 aliphatic heterocycles. The van der Waals surface area contributed by atoms with Crippen molar-refractivity contribution in [2.24, 2.45) is 0 Å². The molecule has 3 heteroatoms. The van der Waals surface area contributed by atoms with Gasteiger partial charge in [-0.15, -0.1) is 0 Å². The van der Waals surface area contributed by atoms with Crippen LogP contribution in [0.4, 0.5) is 0 Å². The molecule has 1 aromatic heterocycles. The van der Waals surface area contributed by atoms with Crippen molar-refractivity contribution in [3.8, 4) is 0 Å². The van der Waals surface area contributed by atoms with E-state index < -0.39 is 0 Å². The summed E-state index contributed by atoms with van der Waals surface area (Å²) >= 11 is 0. The smallest absolute Gasteiger partial charge is 0.156 e. The van der Waals surface area contributed by atoms with Crippen LogP contribution in [0.2, 0.25) is 0 Å². The van der Waals surface area contributed by atoms with Gasteiger partial charge in [-0.25, -0.2) is 0 Å². The molecule has 1 aromatic rings. The van der Waals surface area contributed by atoms with Crippen LogP contribution in [0.1, 0.15) is 25.1 Å². The van der Waals surface area contributed by atoms with E-state index in [9.17, 15) is 0 Å². The first-order valence-corrected chi connectivity index (χ1v) is 5.60. The Bertz CT molecular complexity index is 422. The Morgan fingerprint density at radius 3 is 2.82 bits per heavy atom. The molecule has 0 N–H and O–H groups in total. The van der Waals surface area contributed by atoms with Crippen molar-refractivity contribution >= 4 is 0 Å². The summed E-state index contributed by atoms with van der Waals surface area (Å²) in [5, 5.41) is 0. The minimum absolute atomic E-state index is 0.451. The molecule has 0 atom stereocenters. The average Bonchev–Trinajstić information content (AvgIpc) is 2.35. The van der Waals surface area contributed by atoms with Crippen molar-refractivity contribution < 1.29 is 9.47 Å². The first-order valence-electron chi connectivity index (χ1n) is 5.60. The Hall–Kier alpha value is -1.77. The van der Waals surface area contributed by atoms with Crippen molar-refractivity contribution in [3.05, 3.63) is 53.3 Å². The Labute approximate surface area is 103 Å². The Morgan fingerprint density at radius 1 is 1.47 bits per heavy atom. The van der Waals surface area contributed by atoms with Crippen molar-refractivity contribution in [1.82, 2.24) is 4.98 Å². The topological polar surface area (TPSA) is 31.4 Å². The van der Waals surface area contributed by atoms with Gasteiger partial charge in [0, 0.05) is 6.20 Å². The molecule has 0 bridgehead atoms. The van der Waals surface area contributed by atoms with Gasteiger partial charge in [-0.05, 0) is 38.5 Å². The highest BCUT2D eigenvalue weighted by atomic mass is 16.5. The van der Waals surface area contributed by atoms with E-state index in [-0.39, 0.29) is 0 Å². The van der Waals surface area contributed by atoms with Crippen LogP contribution in [-0.4, -0.2) is 12.1 Å². The van der Waals surface area contributed by atoms with Gasteiger partial charge >= 0.3 is 0 Å². The van der Waals surface area contributed by atoms with E-state index in [0.29, 0.717) is 6.61 Å². The van der Waals surface area contributed by atoms with Gasteiger partial charge in [0.2, 0.25) is 0 Å². The third-order valence-corrected chi connectivity index (χ3v) is 2.45. The van der Waals surface area contributed by atoms with Gasteiger partial charge in [-0.2, -0.15) is 0 Å². The van der Waals surface area contributed by atoms with Gasteiger partial charge in [-0.3, -0.25) is 4.98 Å². The molecule has 0 aliphatic carbocycles. The third kappa shape index (κ3) is 3.94. The Balaban J connectivity index is 2.75. The van der Waals surface area contributed by atoms with E-state index in [0.717, 1.165) is 22.8 Å². The standard InChI is InChI=1S/C14H19NO2/c1-5-7-14(12(3)16-4)17-10-13-11(2)8-6-9-15-13/h5-9H,10H2,1-4H3/b7-5-,14-12-. The lowest BCUT2D eigenvalue weighted by atomic mass is 10.2. The predicted molar refractivity (Wildman–Crippen MR) is 68.3 cm³/mol. The molecule has 0 unspecified atom stereocenters. The second-order valence-corrected chi connectivity index (χ2v) is 3.68. The number of allylic oxidation sites excluding steroid dienone is 3. The van der Waals surface area contributed by atoms with Crippen LogP contribution in [0.25, 0.3) is 0 Å². The van der Waals surface area contributed by atoms with E-state index in [4.69, 9.17) is 9.47 Å². The number of methoxy groups -OCH3 is 1. The number of ether oxygens (including phenoxy) is 2. The number of hydrogen-bond donors (Lipinski definition) is 0. The number of pyridine rings is 1. The van der Waals surface area contributed by atoms with E-state index in [1.165, 1.54) is 0 Å². The second kappa shape index (κ2) is 6.74. The highest BCUT2D eigenvalue weighted by molar-refractivity contribution is 5.19. The average molecular weight is 233 g/mol. The predicted octanol–water partition coefficient (Wildman–Crippen LogP) is 3.36. The van der Waals surface area contributed by atoms with Crippen molar-refractivity contribution in [2.45, 2.75) is 27.4 Å². The Morgan fingerprint density at radius 2 is 2.24 bits per heavy atom. The first kappa shape index (κ1) is 13.3. The first-order chi connectivity index (χ1) is 8.19. The third-order valence-electron chi connectivity index (χ3n) is 2.45. The maximum absolute atomic E-state index is 5.71. The van der Waals surface area contributed by atoms with Gasteiger partial charge < -0.3 is 9.47 Å². The molecule has 92 valence electrons. The fraction of sp³-hybridized carbons (Fsp3) is 0.357. The summed E-state index contributed by atoms with van der Waals surface area (Å²) < 4.78 is 10.9. The van der Waals surface area contributed by atoms with E-state index in [1.807, 2.05) is 45.1 Å². The van der Waals surface area contributed by atoms with Crippen LogP contribution in [0.3, 0.4) is 0 Å². The molecule has 0 aliphatic rings. The quantitative estimate of drug-likeness (QED) is 0.577. The van der Waals surface area contributed by atoms with Crippen LogP contribution < -0.4 is 0 Å². The van der Waals surface area contributed by atoms with E-state index >= 15 is 0 Å². The monoisotopic (exact) mass is 233 g/mol. The number of rotatable bonds is 5. The van der Waals surface area contributed by atoms with Gasteiger partial charge in [0.25, 0.3) is 0 Å². The zero-order valence-corrected chi connectivity index (χ0v) is 10.9. The largest absolute Gasteiger partial charge is 0.498 e. The van der Waals surface area contributed by atoms with Gasteiger partial charge in [0.15, 0.2) is 5.76 Å². The fourth-order valence-corrected chi connectivity index (χ4v) is 1.33. The normalized spacial score (nSPS) is 12.5. The Kier molecular flexibility index (Phi) is 5.27. The SMILES string of the molecule is C/C=C\C(OCc1ncccc1C)=C(/C)OC. The summed E-state index contributed by atoms with van der Waals surface area (Å²) in [5.74, 6) is 1.50. The van der Waals surface area contributed by atoms with Crippen molar-refractivity contribution in [1.29, 1.82) is 0 Å². The number of nitrogens with zero attached hydrogens (tertiary/aromatic N) is 1. The number of aryl methyl sites for hydroxylation is 1. The summed E-state index contributed by atoms with van der Waals surface area (Å²) in [5.41, 5.74) is 2.07. The van der Waals surface area contributed by atoms with Gasteiger partial charge in [0.05, 0.1) is 12.8 Å². The molecular weight excluding hydrogens is 214 g/mol. The minimum atomic E-state index is 0.451. The van der Waals surface area contributed by atoms with Crippen molar-refractivity contribution in [2.75, 3.05) is 7.11 Å². The van der Waals surface area contributed by atoms with Gasteiger partial charge in [-0.1, -0.05) is 12.1 Å². The summed E-state index contributed by atoms with van der Waals surface area (Å²) in [7, 11) is 1.63. The fourth-order valence-electron chi connectivity index (χ4n) is 1.33. The maximum atomic E-state index is 5.71. The molecule has 0 radical (unpaired) electrons. The summed E-state index contributed by atoms with van der Waals surface area (Å²) in [4.78, 5) is 4.28. The molecule has 0 spiro atoms. The lowest BCUT2D eigenvalue weighted by molar-refractivity contribution is 0.175. The molecule has 0 saturated carbocycles. The molecule has 1 heterocycles. The lowest BCUT2D eigenvalue weighted by Gasteiger charge is -2.11. The lowest BCUT2D eigenvalue weighted by Crippen LogP contribution is -2.00. The minimum Gasteiger partial charge on any atom is -0.498 e. The molecule has 17 heavy (non-hydrogen) atoms. The van der Waals surface area contributed by atoms with Crippen LogP contribution in [0.5, 0.6) is 0 Å². The molecular formula is C14H19NO2. The van der Waals surface area contributed by atoms with Gasteiger partial charge in [0.1, 0.15) is 12.4 Å². The molecule has 0 fully saturated rings. The van der Waals surface area contributed by atoms with Crippen LogP contribution in [-0.2, 0) is 16.1 Å². The summed E-state index contributed by atoms with van der Waals surface area (Å²) in [6.07, 6.45) is 5.58. The highest BCUT2D eigenvalue weighted by Gasteiger charge is 2.04. The second-order valence-electron chi connectivity index (χ2n) is 3.68. The van der Waals surface area contributed by atoms with Crippen LogP contribution in [0.15, 0.2) is 42.0 Å². The van der Waals surface area contributed by atoms with E-state index in [2.05, 4.69) is 4.98 Å². The summed E-state index contributed by atoms with van der Waals surface area (Å²) in [6.45, 7) is 6.29. The molecule has 0 aromatic carbocycles. The molecule has 3 nitrogen and oxygen atoms in total. The van der Waals surface area contributed by atoms with E-state index in [1.54, 1.807) is 13.3 Å². The number of hydrogen-bond acceptors (Lipinski definition) is 3. The molecule has 0 saturated heterocycles. The molecule has 0 amide bonds. The zero-order valence-electron chi connectivity index (χ0n) is 10.9. The van der Waals surface area contributed by atoms with Crippen LogP contribution in [0, 0.1) is 6.92 Å². The molecule has 1 rings (SSSR count). The van der Waals surface area contributed by atoms with Crippen molar-refractivity contribution in [3.63, 3.8) is 0 Å². The van der Waals surface area contributed by atoms with Crippen LogP contribution >= 0.6 is 0 Å². The highest BCUT2D eigenvalue weighted by Crippen LogP contribution is 2.13. The summed E-state index contributed by atoms with van der Waals surface area (Å²) in [6, 6.07) is 3.94. The number of aromatic nitrogens is 1. The zero-order chi connectivity index (χ0) is 12.7.